The van der Waals surface area contributed by atoms with E-state index in [0.717, 1.165) is 6.26 Å². The van der Waals surface area contributed by atoms with E-state index in [4.69, 9.17) is 0 Å². The Morgan fingerprint density at radius 1 is 1.67 bits per heavy atom. The first-order valence-electron chi connectivity index (χ1n) is 1.19. The summed E-state index contributed by atoms with van der Waals surface area (Å²) in [6, 6.07) is 0. The van der Waals surface area contributed by atoms with Crippen LogP contribution in [0.15, 0.2) is 12.8 Å². The van der Waals surface area contributed by atoms with Gasteiger partial charge in [0.15, 0.2) is 0 Å². The molecule has 0 saturated heterocycles. The van der Waals surface area contributed by atoms with Gasteiger partial charge >= 0.3 is 7.91 Å². The largest absolute Gasteiger partial charge is 0.528 e. The Hall–Kier alpha value is -0.560. The van der Waals surface area contributed by atoms with Crippen LogP contribution in [-0.2, 0) is 13.7 Å². The minimum absolute atomic E-state index is 0.853. The lowest BCUT2D eigenvalue weighted by molar-refractivity contribution is 0.408. The van der Waals surface area contributed by atoms with Crippen molar-refractivity contribution in [3.05, 3.63) is 12.8 Å². The fourth-order valence-corrected chi connectivity index (χ4v) is 0.183. The molecule has 4 heteroatoms. The van der Waals surface area contributed by atoms with E-state index in [1.807, 2.05) is 0 Å². The Labute approximate surface area is 35.5 Å². The van der Waals surface area contributed by atoms with E-state index < -0.39 is 7.91 Å². The number of hydrogen-bond donors (Lipinski definition) is 0. The Balaban J connectivity index is 3.32. The molecule has 0 rings (SSSR count). The quantitative estimate of drug-likeness (QED) is 0.392. The summed E-state index contributed by atoms with van der Waals surface area (Å²) in [6.07, 6.45) is 0.853. The highest BCUT2D eigenvalue weighted by molar-refractivity contribution is 7.24. The Morgan fingerprint density at radius 2 is 2.17 bits per heavy atom. The van der Waals surface area contributed by atoms with E-state index in [2.05, 4.69) is 11.1 Å². The molecule has 0 aromatic heterocycles. The molecule has 0 aromatic rings. The van der Waals surface area contributed by atoms with Crippen molar-refractivity contribution in [3.63, 3.8) is 0 Å². The molecule has 0 aliphatic carbocycles. The highest BCUT2D eigenvalue weighted by atomic mass is 31.1. The molecule has 34 valence electrons. The van der Waals surface area contributed by atoms with Gasteiger partial charge < -0.3 is 4.52 Å². The average Bonchev–Trinajstić information content (AvgIpc) is 1.35. The molecule has 0 amide bonds. The number of hydrogen-bond acceptors (Lipinski definition) is 3. The van der Waals surface area contributed by atoms with Gasteiger partial charge in [-0.15, -0.1) is 0 Å². The van der Waals surface area contributed by atoms with Crippen molar-refractivity contribution in [2.45, 2.75) is 0 Å². The molecule has 0 fully saturated rings. The van der Waals surface area contributed by atoms with Crippen LogP contribution in [0.3, 0.4) is 0 Å². The minimum Gasteiger partial charge on any atom is -0.396 e. The first kappa shape index (κ1) is 5.44. The van der Waals surface area contributed by atoms with Gasteiger partial charge in [0.2, 0.25) is 0 Å². The lowest BCUT2D eigenvalue weighted by atomic mass is 11.2. The summed E-state index contributed by atoms with van der Waals surface area (Å²) in [4.78, 5) is 0. The standard InChI is InChI=1S/C2H3O3P/c1-2-5-6(3)4/h2H,1H2. The summed E-state index contributed by atoms with van der Waals surface area (Å²) in [5.74, 6) is 0. The second-order valence-electron chi connectivity index (χ2n) is 0.496. The van der Waals surface area contributed by atoms with Crippen molar-refractivity contribution < 1.29 is 13.7 Å². The van der Waals surface area contributed by atoms with Crippen molar-refractivity contribution in [1.82, 2.24) is 0 Å². The molecule has 0 saturated carbocycles. The zero-order valence-corrected chi connectivity index (χ0v) is 3.85. The maximum Gasteiger partial charge on any atom is 0.528 e. The van der Waals surface area contributed by atoms with Gasteiger partial charge in [0.25, 0.3) is 0 Å². The van der Waals surface area contributed by atoms with Crippen LogP contribution in [0.2, 0.25) is 0 Å². The summed E-state index contributed by atoms with van der Waals surface area (Å²) >= 11 is 0. The molecule has 0 aromatic carbocycles. The highest BCUT2D eigenvalue weighted by Gasteiger charge is 1.75. The fraction of sp³-hybridized carbons (Fsp3) is 0. The molecule has 0 atom stereocenters. The van der Waals surface area contributed by atoms with Crippen LogP contribution in [-0.4, -0.2) is 0 Å². The van der Waals surface area contributed by atoms with Crippen LogP contribution in [0, 0.1) is 0 Å². The summed E-state index contributed by atoms with van der Waals surface area (Å²) in [5, 5.41) is 0. The van der Waals surface area contributed by atoms with Crippen molar-refractivity contribution in [3.8, 4) is 0 Å². The zero-order valence-electron chi connectivity index (χ0n) is 2.96. The van der Waals surface area contributed by atoms with Gasteiger partial charge in [0.05, 0.1) is 6.26 Å². The first-order valence-corrected chi connectivity index (χ1v) is 2.29. The van der Waals surface area contributed by atoms with Gasteiger partial charge in [-0.05, 0) is 0 Å². The van der Waals surface area contributed by atoms with Crippen LogP contribution in [0.25, 0.3) is 0 Å². The molecule has 3 nitrogen and oxygen atoms in total. The van der Waals surface area contributed by atoms with Gasteiger partial charge in [-0.1, -0.05) is 6.58 Å². The Morgan fingerprint density at radius 3 is 2.17 bits per heavy atom. The number of rotatable bonds is 2. The summed E-state index contributed by atoms with van der Waals surface area (Å²) in [6.45, 7) is 2.99. The average molecular weight is 106 g/mol. The Kier molecular flexibility index (Phi) is 2.42. The van der Waals surface area contributed by atoms with Crippen LogP contribution >= 0.6 is 7.91 Å². The molecule has 0 spiro atoms. The summed E-state index contributed by atoms with van der Waals surface area (Å²) in [5.41, 5.74) is 0. The van der Waals surface area contributed by atoms with Crippen LogP contribution < -0.4 is 0 Å². The van der Waals surface area contributed by atoms with E-state index in [1.54, 1.807) is 0 Å². The van der Waals surface area contributed by atoms with Crippen LogP contribution in [0.5, 0.6) is 0 Å². The highest BCUT2D eigenvalue weighted by Crippen LogP contribution is 2.02. The van der Waals surface area contributed by atoms with E-state index in [-0.39, 0.29) is 0 Å². The fourth-order valence-electron chi connectivity index (χ4n) is 0.0609. The zero-order chi connectivity index (χ0) is 4.99. The predicted molar refractivity (Wildman–Crippen MR) is 19.6 cm³/mol. The van der Waals surface area contributed by atoms with Gasteiger partial charge in [-0.25, -0.2) is 0 Å². The maximum atomic E-state index is 9.34. The van der Waals surface area contributed by atoms with Crippen molar-refractivity contribution in [1.29, 1.82) is 0 Å². The summed E-state index contributed by atoms with van der Waals surface area (Å²) < 4.78 is 22.4. The Bertz CT molecular complexity index is 95.4. The van der Waals surface area contributed by atoms with E-state index in [1.165, 1.54) is 0 Å². The van der Waals surface area contributed by atoms with Gasteiger partial charge in [-0.3, -0.25) is 0 Å². The molecule has 0 aliphatic heterocycles. The second-order valence-corrected chi connectivity index (χ2v) is 1.15. The van der Waals surface area contributed by atoms with Gasteiger partial charge in [0.1, 0.15) is 0 Å². The minimum atomic E-state index is -2.72. The third-order valence-corrected chi connectivity index (χ3v) is 0.482. The molecule has 0 unspecified atom stereocenters. The molecule has 6 heavy (non-hydrogen) atoms. The van der Waals surface area contributed by atoms with E-state index in [9.17, 15) is 9.13 Å². The molecule has 0 aliphatic rings. The maximum absolute atomic E-state index is 9.34. The second kappa shape index (κ2) is 2.67. The predicted octanol–water partition coefficient (Wildman–Crippen LogP) is 1.23. The smallest absolute Gasteiger partial charge is 0.396 e. The van der Waals surface area contributed by atoms with E-state index >= 15 is 0 Å². The lowest BCUT2D eigenvalue weighted by Gasteiger charge is -1.70. The van der Waals surface area contributed by atoms with Crippen molar-refractivity contribution in [2.24, 2.45) is 0 Å². The third-order valence-electron chi connectivity index (χ3n) is 0.161. The first-order chi connectivity index (χ1) is 2.77. The summed E-state index contributed by atoms with van der Waals surface area (Å²) in [7, 11) is -2.72. The third kappa shape index (κ3) is 3.44. The van der Waals surface area contributed by atoms with Crippen molar-refractivity contribution in [2.75, 3.05) is 0 Å². The van der Waals surface area contributed by atoms with Gasteiger partial charge in [0, 0.05) is 0 Å². The lowest BCUT2D eigenvalue weighted by Crippen LogP contribution is -1.46. The topological polar surface area (TPSA) is 43.4 Å². The SMILES string of the molecule is C=COP(=O)=O. The van der Waals surface area contributed by atoms with Crippen LogP contribution in [0.1, 0.15) is 0 Å². The molecule has 0 N–H and O–H groups in total. The monoisotopic (exact) mass is 106 g/mol. The molecule has 0 heterocycles. The van der Waals surface area contributed by atoms with E-state index in [0.29, 0.717) is 0 Å². The molecular weight excluding hydrogens is 103 g/mol. The van der Waals surface area contributed by atoms with Crippen molar-refractivity contribution >= 4 is 7.91 Å². The van der Waals surface area contributed by atoms with Gasteiger partial charge in [-0.2, -0.15) is 9.13 Å². The molecular formula is C2H3O3P. The normalized spacial score (nSPS) is 6.67. The van der Waals surface area contributed by atoms with Crippen LogP contribution in [0.4, 0.5) is 0 Å². The molecule has 0 bridgehead atoms. The molecule has 0 radical (unpaired) electrons.